The van der Waals surface area contributed by atoms with Crippen molar-refractivity contribution in [1.29, 1.82) is 0 Å². The third-order valence-corrected chi connectivity index (χ3v) is 1.89. The molecule has 1 rings (SSSR count). The molecular weight excluding hydrogens is 174 g/mol. The Labute approximate surface area is 75.6 Å². The van der Waals surface area contributed by atoms with E-state index in [-0.39, 0.29) is 5.75 Å². The molecular formula is C8H9NO2S. The molecule has 0 aliphatic rings. The molecule has 0 fully saturated rings. The minimum atomic E-state index is -0.546. The summed E-state index contributed by atoms with van der Waals surface area (Å²) in [5.74, 6) is -0.193. The number of hydrogen-bond donors (Lipinski definition) is 3. The first-order valence-electron chi connectivity index (χ1n) is 3.38. The molecule has 3 N–H and O–H groups in total. The number of amides is 1. The van der Waals surface area contributed by atoms with Gasteiger partial charge in [0, 0.05) is 16.9 Å². The number of phenolic OH excluding ortho intramolecular Hbond substituents is 1. The molecule has 0 atom stereocenters. The lowest BCUT2D eigenvalue weighted by Gasteiger charge is -2.04. The van der Waals surface area contributed by atoms with Crippen LogP contribution in [0.3, 0.4) is 0 Å². The van der Waals surface area contributed by atoms with Crippen molar-refractivity contribution >= 4 is 18.5 Å². The van der Waals surface area contributed by atoms with E-state index in [0.29, 0.717) is 16.9 Å². The van der Waals surface area contributed by atoms with Crippen molar-refractivity contribution in [2.45, 2.75) is 5.75 Å². The molecule has 0 aliphatic heterocycles. The lowest BCUT2D eigenvalue weighted by atomic mass is 10.1. The standard InChI is InChI=1S/C8H9NO2S/c9-8(11)5-2-1-3-7(10)6(5)4-12/h1-3,10,12H,4H2,(H2,9,11). The Kier molecular flexibility index (Phi) is 2.60. The van der Waals surface area contributed by atoms with Gasteiger partial charge in [0.25, 0.3) is 0 Å². The van der Waals surface area contributed by atoms with Crippen LogP contribution in [0.5, 0.6) is 5.75 Å². The van der Waals surface area contributed by atoms with Crippen LogP contribution in [0.2, 0.25) is 0 Å². The van der Waals surface area contributed by atoms with Gasteiger partial charge in [-0.15, -0.1) is 0 Å². The third-order valence-electron chi connectivity index (χ3n) is 1.57. The number of benzene rings is 1. The number of hydrogen-bond acceptors (Lipinski definition) is 3. The van der Waals surface area contributed by atoms with E-state index in [9.17, 15) is 9.90 Å². The second-order valence-electron chi connectivity index (χ2n) is 2.33. The summed E-state index contributed by atoms with van der Waals surface area (Å²) < 4.78 is 0. The summed E-state index contributed by atoms with van der Waals surface area (Å²) in [7, 11) is 0. The summed E-state index contributed by atoms with van der Waals surface area (Å²) in [6.07, 6.45) is 0. The Morgan fingerprint density at radius 1 is 1.58 bits per heavy atom. The van der Waals surface area contributed by atoms with Crippen molar-refractivity contribution in [3.05, 3.63) is 29.3 Å². The quantitative estimate of drug-likeness (QED) is 0.597. The van der Waals surface area contributed by atoms with Crippen LogP contribution in [0.1, 0.15) is 15.9 Å². The van der Waals surface area contributed by atoms with Crippen molar-refractivity contribution in [3.63, 3.8) is 0 Å². The zero-order chi connectivity index (χ0) is 9.14. The highest BCUT2D eigenvalue weighted by atomic mass is 32.1. The maximum absolute atomic E-state index is 10.8. The van der Waals surface area contributed by atoms with E-state index in [1.807, 2.05) is 0 Å². The maximum Gasteiger partial charge on any atom is 0.249 e. The van der Waals surface area contributed by atoms with Gasteiger partial charge < -0.3 is 10.8 Å². The highest BCUT2D eigenvalue weighted by Crippen LogP contribution is 2.22. The topological polar surface area (TPSA) is 63.3 Å². The highest BCUT2D eigenvalue weighted by molar-refractivity contribution is 7.79. The monoisotopic (exact) mass is 183 g/mol. The Morgan fingerprint density at radius 3 is 2.67 bits per heavy atom. The largest absolute Gasteiger partial charge is 0.508 e. The van der Waals surface area contributed by atoms with Gasteiger partial charge in [0.05, 0.1) is 0 Å². The molecule has 0 heterocycles. The van der Waals surface area contributed by atoms with E-state index >= 15 is 0 Å². The maximum atomic E-state index is 10.8. The molecule has 0 saturated carbocycles. The number of carbonyl (C=O) groups is 1. The summed E-state index contributed by atoms with van der Waals surface area (Å²) in [4.78, 5) is 10.8. The number of aromatic hydroxyl groups is 1. The smallest absolute Gasteiger partial charge is 0.249 e. The van der Waals surface area contributed by atoms with Crippen LogP contribution in [0.15, 0.2) is 18.2 Å². The van der Waals surface area contributed by atoms with Gasteiger partial charge in [-0.2, -0.15) is 12.6 Å². The molecule has 0 saturated heterocycles. The van der Waals surface area contributed by atoms with Crippen molar-refractivity contribution in [1.82, 2.24) is 0 Å². The predicted octanol–water partition coefficient (Wildman–Crippen LogP) is 0.921. The number of carbonyl (C=O) groups excluding carboxylic acids is 1. The van der Waals surface area contributed by atoms with Crippen LogP contribution in [-0.2, 0) is 5.75 Å². The van der Waals surface area contributed by atoms with Gasteiger partial charge in [-0.05, 0) is 12.1 Å². The lowest BCUT2D eigenvalue weighted by Crippen LogP contribution is -2.13. The Hall–Kier alpha value is -1.16. The summed E-state index contributed by atoms with van der Waals surface area (Å²) in [6.45, 7) is 0. The molecule has 4 heteroatoms. The molecule has 0 unspecified atom stereocenters. The summed E-state index contributed by atoms with van der Waals surface area (Å²) in [5, 5.41) is 9.28. The van der Waals surface area contributed by atoms with Crippen molar-refractivity contribution in [3.8, 4) is 5.75 Å². The highest BCUT2D eigenvalue weighted by Gasteiger charge is 2.09. The molecule has 3 nitrogen and oxygen atoms in total. The molecule has 0 bridgehead atoms. The number of phenols is 1. The Balaban J connectivity index is 3.27. The van der Waals surface area contributed by atoms with Crippen molar-refractivity contribution < 1.29 is 9.90 Å². The zero-order valence-electron chi connectivity index (χ0n) is 6.32. The number of thiol groups is 1. The van der Waals surface area contributed by atoms with E-state index in [1.165, 1.54) is 6.07 Å². The SMILES string of the molecule is NC(=O)c1cccc(O)c1CS. The summed E-state index contributed by atoms with van der Waals surface area (Å²) in [5.41, 5.74) is 5.88. The minimum Gasteiger partial charge on any atom is -0.508 e. The first kappa shape index (κ1) is 8.93. The normalized spacial score (nSPS) is 9.75. The van der Waals surface area contributed by atoms with E-state index in [1.54, 1.807) is 12.1 Å². The molecule has 1 aromatic rings. The van der Waals surface area contributed by atoms with Gasteiger partial charge in [0.1, 0.15) is 5.75 Å². The van der Waals surface area contributed by atoms with Gasteiger partial charge in [-0.3, -0.25) is 4.79 Å². The Morgan fingerprint density at radius 2 is 2.25 bits per heavy atom. The van der Waals surface area contributed by atoms with Gasteiger partial charge in [-0.1, -0.05) is 6.07 Å². The van der Waals surface area contributed by atoms with E-state index in [0.717, 1.165) is 0 Å². The van der Waals surface area contributed by atoms with Crippen LogP contribution in [0.25, 0.3) is 0 Å². The van der Waals surface area contributed by atoms with Crippen LogP contribution >= 0.6 is 12.6 Å². The number of nitrogens with two attached hydrogens (primary N) is 1. The molecule has 0 aliphatic carbocycles. The van der Waals surface area contributed by atoms with E-state index < -0.39 is 5.91 Å². The van der Waals surface area contributed by atoms with Crippen LogP contribution in [0.4, 0.5) is 0 Å². The molecule has 0 spiro atoms. The fourth-order valence-corrected chi connectivity index (χ4v) is 1.30. The van der Waals surface area contributed by atoms with Crippen LogP contribution in [-0.4, -0.2) is 11.0 Å². The molecule has 0 aromatic heterocycles. The third kappa shape index (κ3) is 1.53. The van der Waals surface area contributed by atoms with E-state index in [2.05, 4.69) is 12.6 Å². The fourth-order valence-electron chi connectivity index (χ4n) is 0.972. The molecule has 0 radical (unpaired) electrons. The second-order valence-corrected chi connectivity index (χ2v) is 2.64. The zero-order valence-corrected chi connectivity index (χ0v) is 7.21. The first-order valence-corrected chi connectivity index (χ1v) is 4.01. The average molecular weight is 183 g/mol. The van der Waals surface area contributed by atoms with Crippen molar-refractivity contribution in [2.75, 3.05) is 0 Å². The Bertz CT molecular complexity index is 312. The molecule has 12 heavy (non-hydrogen) atoms. The number of rotatable bonds is 2. The van der Waals surface area contributed by atoms with Gasteiger partial charge in [0.15, 0.2) is 0 Å². The van der Waals surface area contributed by atoms with Gasteiger partial charge in [0.2, 0.25) is 5.91 Å². The summed E-state index contributed by atoms with van der Waals surface area (Å²) >= 11 is 3.98. The number of primary amides is 1. The lowest BCUT2D eigenvalue weighted by molar-refractivity contribution is 0.0999. The minimum absolute atomic E-state index is 0.0568. The molecule has 1 amide bonds. The first-order chi connectivity index (χ1) is 5.66. The van der Waals surface area contributed by atoms with E-state index in [4.69, 9.17) is 5.73 Å². The average Bonchev–Trinajstić information content (AvgIpc) is 2.03. The predicted molar refractivity (Wildman–Crippen MR) is 49.3 cm³/mol. The molecule has 1 aromatic carbocycles. The summed E-state index contributed by atoms with van der Waals surface area (Å²) in [6, 6.07) is 4.63. The van der Waals surface area contributed by atoms with Crippen LogP contribution < -0.4 is 5.73 Å². The van der Waals surface area contributed by atoms with Crippen molar-refractivity contribution in [2.24, 2.45) is 5.73 Å². The molecule has 64 valence electrons. The van der Waals surface area contributed by atoms with Crippen LogP contribution in [0, 0.1) is 0 Å². The van der Waals surface area contributed by atoms with Gasteiger partial charge in [-0.25, -0.2) is 0 Å². The second kappa shape index (κ2) is 3.49. The fraction of sp³-hybridized carbons (Fsp3) is 0.125. The van der Waals surface area contributed by atoms with Gasteiger partial charge >= 0.3 is 0 Å².